The summed E-state index contributed by atoms with van der Waals surface area (Å²) in [6.07, 6.45) is 2.17. The molecule has 100 valence electrons. The van der Waals surface area contributed by atoms with Crippen LogP contribution < -0.4 is 0 Å². The first kappa shape index (κ1) is 12.3. The van der Waals surface area contributed by atoms with Crippen LogP contribution in [0.2, 0.25) is 0 Å². The number of rotatable bonds is 3. The van der Waals surface area contributed by atoms with Crippen molar-refractivity contribution in [1.29, 1.82) is 0 Å². The zero-order chi connectivity index (χ0) is 13.5. The van der Waals surface area contributed by atoms with E-state index in [9.17, 15) is 0 Å². The molecule has 1 nitrogen and oxygen atoms in total. The van der Waals surface area contributed by atoms with Crippen LogP contribution in [0.1, 0.15) is 11.1 Å². The maximum absolute atomic E-state index is 3.40. The Balaban J connectivity index is 1.63. The number of hydrogen-bond acceptors (Lipinski definition) is 0. The van der Waals surface area contributed by atoms with E-state index in [2.05, 4.69) is 66.2 Å². The molecule has 1 aromatic heterocycles. The Morgan fingerprint density at radius 3 is 2.75 bits per heavy atom. The number of hydrogen-bond donors (Lipinski definition) is 0. The Kier molecular flexibility index (Phi) is 2.96. The molecule has 0 spiro atoms. The van der Waals surface area contributed by atoms with Gasteiger partial charge in [-0.3, -0.25) is 0 Å². The molecule has 0 saturated carbocycles. The Morgan fingerprint density at radius 2 is 2.00 bits per heavy atom. The number of aromatic nitrogens is 1. The Labute approximate surface area is 127 Å². The normalized spacial score (nSPS) is 15.3. The average Bonchev–Trinajstić information content (AvgIpc) is 3.23. The van der Waals surface area contributed by atoms with Crippen LogP contribution in [-0.2, 0) is 6.54 Å². The van der Waals surface area contributed by atoms with Crippen molar-refractivity contribution in [3.63, 3.8) is 0 Å². The predicted molar refractivity (Wildman–Crippen MR) is 92.3 cm³/mol. The van der Waals surface area contributed by atoms with E-state index in [1.54, 1.807) is 0 Å². The van der Waals surface area contributed by atoms with E-state index in [-0.39, 0.29) is 0 Å². The van der Waals surface area contributed by atoms with Crippen LogP contribution in [0.3, 0.4) is 0 Å². The van der Waals surface area contributed by atoms with Crippen LogP contribution in [-0.4, -0.2) is 13.4 Å². The van der Waals surface area contributed by atoms with Crippen LogP contribution >= 0.6 is 19.8 Å². The molecule has 1 fully saturated rings. The van der Waals surface area contributed by atoms with Gasteiger partial charge in [0, 0.05) is 0 Å². The van der Waals surface area contributed by atoms with E-state index in [0.29, 0.717) is 0 Å². The molecule has 2 aromatic carbocycles. The third-order valence-corrected chi connectivity index (χ3v) is 8.14. The van der Waals surface area contributed by atoms with Crippen molar-refractivity contribution in [3.8, 4) is 0 Å². The SMILES string of the molecule is Cc1ccc2c(ccn2Cc2c#cc(I3CC3)cc2)c1. The Bertz CT molecular complexity index is 751. The summed E-state index contributed by atoms with van der Waals surface area (Å²) in [5.74, 6) is 0. The molecule has 20 heavy (non-hydrogen) atoms. The first-order valence-corrected chi connectivity index (χ1v) is 11.0. The van der Waals surface area contributed by atoms with Crippen molar-refractivity contribution < 1.29 is 0 Å². The topological polar surface area (TPSA) is 4.93 Å². The summed E-state index contributed by atoms with van der Waals surface area (Å²) in [6, 6.07) is 20.1. The first-order valence-electron chi connectivity index (χ1n) is 6.90. The van der Waals surface area contributed by atoms with E-state index >= 15 is 0 Å². The van der Waals surface area contributed by atoms with Crippen molar-refractivity contribution >= 4 is 30.7 Å². The molecule has 2 heterocycles. The van der Waals surface area contributed by atoms with Crippen LogP contribution in [0.15, 0.2) is 42.6 Å². The molecule has 0 radical (unpaired) electrons. The fourth-order valence-electron chi connectivity index (χ4n) is 2.53. The van der Waals surface area contributed by atoms with E-state index < -0.39 is 19.8 Å². The minimum atomic E-state index is -0.674. The molecule has 1 aliphatic rings. The van der Waals surface area contributed by atoms with Gasteiger partial charge in [0.15, 0.2) is 0 Å². The van der Waals surface area contributed by atoms with Crippen molar-refractivity contribution in [3.05, 3.63) is 69.4 Å². The van der Waals surface area contributed by atoms with E-state index in [1.807, 2.05) is 0 Å². The fourth-order valence-corrected chi connectivity index (χ4v) is 6.46. The molecule has 0 amide bonds. The van der Waals surface area contributed by atoms with Gasteiger partial charge in [0.1, 0.15) is 0 Å². The van der Waals surface area contributed by atoms with Gasteiger partial charge in [-0.1, -0.05) is 0 Å². The van der Waals surface area contributed by atoms with Crippen LogP contribution in [0, 0.1) is 22.6 Å². The fraction of sp³-hybridized carbons (Fsp3) is 0.222. The maximum atomic E-state index is 3.40. The van der Waals surface area contributed by atoms with Gasteiger partial charge in [0.05, 0.1) is 0 Å². The number of nitrogens with zero attached hydrogens (tertiary/aromatic N) is 1. The van der Waals surface area contributed by atoms with E-state index in [4.69, 9.17) is 0 Å². The summed E-state index contributed by atoms with van der Waals surface area (Å²) in [5.41, 5.74) is 3.84. The molecular weight excluding hydrogens is 357 g/mol. The quantitative estimate of drug-likeness (QED) is 0.477. The average molecular weight is 373 g/mol. The van der Waals surface area contributed by atoms with Gasteiger partial charge in [0.25, 0.3) is 0 Å². The van der Waals surface area contributed by atoms with Crippen LogP contribution in [0.5, 0.6) is 0 Å². The van der Waals surface area contributed by atoms with Crippen molar-refractivity contribution in [2.75, 3.05) is 8.86 Å². The molecule has 1 aliphatic heterocycles. The van der Waals surface area contributed by atoms with Gasteiger partial charge >= 0.3 is 127 Å². The second-order valence-electron chi connectivity index (χ2n) is 5.30. The van der Waals surface area contributed by atoms with Crippen LogP contribution in [0.4, 0.5) is 0 Å². The van der Waals surface area contributed by atoms with Crippen molar-refractivity contribution in [2.45, 2.75) is 13.5 Å². The molecule has 0 bridgehead atoms. The number of fused-ring (bicyclic) bond motifs is 1. The number of halogens is 1. The number of benzene rings is 1. The summed E-state index contributed by atoms with van der Waals surface area (Å²) in [6.45, 7) is 3.03. The predicted octanol–water partition coefficient (Wildman–Crippen LogP) is 4.29. The zero-order valence-corrected chi connectivity index (χ0v) is 13.6. The molecule has 1 saturated heterocycles. The molecule has 0 unspecified atom stereocenters. The van der Waals surface area contributed by atoms with Gasteiger partial charge in [-0.2, -0.15) is 0 Å². The zero-order valence-electron chi connectivity index (χ0n) is 11.5. The molecule has 3 aromatic rings. The standard InChI is InChI=1S/C18H16IN/c1-14-2-7-18-16(12-14)8-11-20(18)13-15-3-5-17(6-4-15)19-9-10-19/h2-3,5,7-8,11-12H,9-10,13H2,1H3. The molecule has 0 N–H and O–H groups in total. The molecule has 2 heteroatoms. The van der Waals surface area contributed by atoms with Gasteiger partial charge < -0.3 is 0 Å². The molecular formula is C18H16IN. The third-order valence-electron chi connectivity index (χ3n) is 3.71. The minimum absolute atomic E-state index is 0.674. The summed E-state index contributed by atoms with van der Waals surface area (Å²) < 4.78 is 6.75. The second kappa shape index (κ2) is 4.82. The molecule has 4 rings (SSSR count). The summed E-state index contributed by atoms with van der Waals surface area (Å²) in [4.78, 5) is 0. The van der Waals surface area contributed by atoms with Gasteiger partial charge in [-0.05, 0) is 0 Å². The van der Waals surface area contributed by atoms with Gasteiger partial charge in [-0.15, -0.1) is 0 Å². The number of alkyl halides is 2. The summed E-state index contributed by atoms with van der Waals surface area (Å²) >= 11 is -0.674. The van der Waals surface area contributed by atoms with E-state index in [1.165, 1.54) is 34.5 Å². The van der Waals surface area contributed by atoms with Crippen molar-refractivity contribution in [2.24, 2.45) is 0 Å². The summed E-state index contributed by atoms with van der Waals surface area (Å²) in [5, 5.41) is 1.32. The molecule has 0 aliphatic carbocycles. The third kappa shape index (κ3) is 2.31. The van der Waals surface area contributed by atoms with Crippen molar-refractivity contribution in [1.82, 2.24) is 4.57 Å². The monoisotopic (exact) mass is 373 g/mol. The second-order valence-corrected chi connectivity index (χ2v) is 11.2. The van der Waals surface area contributed by atoms with Crippen LogP contribution in [0.25, 0.3) is 10.9 Å². The van der Waals surface area contributed by atoms with Gasteiger partial charge in [0.2, 0.25) is 0 Å². The Hall–Kier alpha value is -1.47. The number of aryl methyl sites for hydroxylation is 1. The molecule has 0 atom stereocenters. The Morgan fingerprint density at radius 1 is 1.10 bits per heavy atom. The first-order chi connectivity index (χ1) is 9.79. The van der Waals surface area contributed by atoms with E-state index in [0.717, 1.165) is 6.54 Å². The summed E-state index contributed by atoms with van der Waals surface area (Å²) in [7, 11) is 0. The van der Waals surface area contributed by atoms with Gasteiger partial charge in [-0.25, -0.2) is 0 Å².